The van der Waals surface area contributed by atoms with Gasteiger partial charge < -0.3 is 11.1 Å². The van der Waals surface area contributed by atoms with Crippen LogP contribution in [-0.4, -0.2) is 25.2 Å². The van der Waals surface area contributed by atoms with Gasteiger partial charge in [-0.2, -0.15) is 0 Å². The van der Waals surface area contributed by atoms with E-state index in [0.717, 1.165) is 12.1 Å². The number of aryl methyl sites for hydroxylation is 1. The highest BCUT2D eigenvalue weighted by Crippen LogP contribution is 2.15. The van der Waals surface area contributed by atoms with Gasteiger partial charge >= 0.3 is 6.03 Å². The summed E-state index contributed by atoms with van der Waals surface area (Å²) in [5, 5.41) is 2.91. The molecular weight excluding hydrogens is 226 g/mol. The third-order valence-electron chi connectivity index (χ3n) is 2.59. The Kier molecular flexibility index (Phi) is 5.65. The first-order chi connectivity index (χ1) is 8.54. The van der Waals surface area contributed by atoms with E-state index in [0.29, 0.717) is 13.1 Å². The van der Waals surface area contributed by atoms with Crippen LogP contribution in [-0.2, 0) is 0 Å². The largest absolute Gasteiger partial charge is 0.336 e. The highest BCUT2D eigenvalue weighted by atomic mass is 16.2. The Hall–Kier alpha value is -1.55. The molecule has 0 radical (unpaired) electrons. The van der Waals surface area contributed by atoms with E-state index in [1.165, 1.54) is 5.56 Å². The topological polar surface area (TPSA) is 58.4 Å². The zero-order chi connectivity index (χ0) is 13.5. The number of hydrogen-bond donors (Lipinski definition) is 2. The molecule has 18 heavy (non-hydrogen) atoms. The van der Waals surface area contributed by atoms with Crippen LogP contribution < -0.4 is 16.0 Å². The van der Waals surface area contributed by atoms with Crippen molar-refractivity contribution in [2.24, 2.45) is 5.73 Å². The molecule has 0 spiro atoms. The van der Waals surface area contributed by atoms with Crippen LogP contribution in [0.5, 0.6) is 0 Å². The van der Waals surface area contributed by atoms with Crippen molar-refractivity contribution in [1.29, 1.82) is 0 Å². The minimum atomic E-state index is -0.0673. The monoisotopic (exact) mass is 249 g/mol. The number of urea groups is 1. The van der Waals surface area contributed by atoms with Gasteiger partial charge in [0.25, 0.3) is 0 Å². The molecule has 0 saturated carbocycles. The number of benzene rings is 1. The van der Waals surface area contributed by atoms with Crippen molar-refractivity contribution in [3.63, 3.8) is 0 Å². The average Bonchev–Trinajstić information content (AvgIpc) is 2.31. The molecule has 0 aromatic heterocycles. The van der Waals surface area contributed by atoms with Crippen LogP contribution in [0.1, 0.15) is 25.8 Å². The van der Waals surface area contributed by atoms with E-state index in [2.05, 4.69) is 5.32 Å². The van der Waals surface area contributed by atoms with Gasteiger partial charge in [-0.05, 0) is 45.9 Å². The van der Waals surface area contributed by atoms with Crippen molar-refractivity contribution < 1.29 is 4.79 Å². The zero-order valence-corrected chi connectivity index (χ0v) is 11.4. The highest BCUT2D eigenvalue weighted by molar-refractivity contribution is 5.92. The van der Waals surface area contributed by atoms with E-state index in [1.807, 2.05) is 45.0 Å². The van der Waals surface area contributed by atoms with E-state index >= 15 is 0 Å². The summed E-state index contributed by atoms with van der Waals surface area (Å²) in [6.45, 7) is 7.15. The van der Waals surface area contributed by atoms with Gasteiger partial charge in [-0.15, -0.1) is 0 Å². The molecule has 0 atom stereocenters. The van der Waals surface area contributed by atoms with E-state index in [1.54, 1.807) is 4.90 Å². The Labute approximate surface area is 109 Å². The molecule has 0 saturated heterocycles. The highest BCUT2D eigenvalue weighted by Gasteiger charge is 2.15. The Morgan fingerprint density at radius 2 is 1.94 bits per heavy atom. The van der Waals surface area contributed by atoms with Gasteiger partial charge in [-0.1, -0.05) is 17.7 Å². The third-order valence-corrected chi connectivity index (χ3v) is 2.59. The molecular formula is C14H23N3O. The molecule has 100 valence electrons. The summed E-state index contributed by atoms with van der Waals surface area (Å²) in [6, 6.07) is 8.00. The quantitative estimate of drug-likeness (QED) is 0.841. The molecule has 1 aromatic carbocycles. The van der Waals surface area contributed by atoms with Gasteiger partial charge in [-0.3, -0.25) is 4.90 Å². The Morgan fingerprint density at radius 1 is 1.33 bits per heavy atom. The summed E-state index contributed by atoms with van der Waals surface area (Å²) in [4.78, 5) is 13.9. The number of amides is 2. The lowest BCUT2D eigenvalue weighted by Crippen LogP contribution is -2.44. The number of hydrogen-bond acceptors (Lipinski definition) is 2. The minimum Gasteiger partial charge on any atom is -0.336 e. The summed E-state index contributed by atoms with van der Waals surface area (Å²) in [5.74, 6) is 0. The Bertz CT molecular complexity index is 373. The second kappa shape index (κ2) is 7.01. The molecule has 0 unspecified atom stereocenters. The number of nitrogens with two attached hydrogens (primary N) is 1. The first kappa shape index (κ1) is 14.5. The smallest absolute Gasteiger partial charge is 0.322 e. The minimum absolute atomic E-state index is 0.0673. The van der Waals surface area contributed by atoms with Crippen LogP contribution in [0.2, 0.25) is 0 Å². The van der Waals surface area contributed by atoms with Gasteiger partial charge in [0.15, 0.2) is 0 Å². The fourth-order valence-electron chi connectivity index (χ4n) is 1.65. The average molecular weight is 249 g/mol. The zero-order valence-electron chi connectivity index (χ0n) is 11.4. The number of anilines is 1. The summed E-state index contributed by atoms with van der Waals surface area (Å²) in [7, 11) is 0. The number of nitrogens with one attached hydrogen (secondary N) is 1. The van der Waals surface area contributed by atoms with Crippen LogP contribution in [0.15, 0.2) is 24.3 Å². The fourth-order valence-corrected chi connectivity index (χ4v) is 1.65. The Balaban J connectivity index is 2.83. The molecule has 0 bridgehead atoms. The van der Waals surface area contributed by atoms with Crippen LogP contribution in [0.4, 0.5) is 10.5 Å². The van der Waals surface area contributed by atoms with Gasteiger partial charge in [-0.25, -0.2) is 4.79 Å². The normalized spacial score (nSPS) is 10.5. The van der Waals surface area contributed by atoms with Crippen molar-refractivity contribution in [1.82, 2.24) is 5.32 Å². The lowest BCUT2D eigenvalue weighted by Gasteiger charge is -2.24. The predicted octanol–water partition coefficient (Wildman–Crippen LogP) is 2.27. The second-order valence-corrected chi connectivity index (χ2v) is 4.73. The van der Waals surface area contributed by atoms with E-state index in [-0.39, 0.29) is 12.1 Å². The Morgan fingerprint density at radius 3 is 2.44 bits per heavy atom. The molecule has 4 nitrogen and oxygen atoms in total. The molecule has 1 aromatic rings. The molecule has 0 fully saturated rings. The maximum Gasteiger partial charge on any atom is 0.322 e. The molecule has 0 aliphatic rings. The lowest BCUT2D eigenvalue weighted by atomic mass is 10.2. The molecule has 0 aliphatic heterocycles. The summed E-state index contributed by atoms with van der Waals surface area (Å²) in [6.07, 6.45) is 0.791. The summed E-state index contributed by atoms with van der Waals surface area (Å²) >= 11 is 0. The van der Waals surface area contributed by atoms with E-state index in [4.69, 9.17) is 5.73 Å². The molecule has 0 heterocycles. The van der Waals surface area contributed by atoms with Crippen LogP contribution in [0.25, 0.3) is 0 Å². The molecule has 3 N–H and O–H groups in total. The van der Waals surface area contributed by atoms with Crippen LogP contribution in [0, 0.1) is 6.92 Å². The molecule has 0 aliphatic carbocycles. The maximum atomic E-state index is 12.1. The van der Waals surface area contributed by atoms with Crippen LogP contribution >= 0.6 is 0 Å². The number of carbonyl (C=O) groups excluding carboxylic acids is 1. The van der Waals surface area contributed by atoms with Gasteiger partial charge in [0, 0.05) is 18.3 Å². The number of rotatable bonds is 5. The van der Waals surface area contributed by atoms with Crippen molar-refractivity contribution in [3.8, 4) is 0 Å². The van der Waals surface area contributed by atoms with E-state index in [9.17, 15) is 4.79 Å². The molecule has 2 amide bonds. The first-order valence-electron chi connectivity index (χ1n) is 6.39. The van der Waals surface area contributed by atoms with Crippen molar-refractivity contribution in [3.05, 3.63) is 29.8 Å². The SMILES string of the molecule is Cc1ccc(N(CCCN)C(=O)NC(C)C)cc1. The number of carbonyl (C=O) groups is 1. The summed E-state index contributed by atoms with van der Waals surface area (Å²) in [5.41, 5.74) is 7.61. The third kappa shape index (κ3) is 4.37. The molecule has 1 rings (SSSR count). The fraction of sp³-hybridized carbons (Fsp3) is 0.500. The lowest BCUT2D eigenvalue weighted by molar-refractivity contribution is 0.244. The summed E-state index contributed by atoms with van der Waals surface area (Å²) < 4.78 is 0. The van der Waals surface area contributed by atoms with Crippen molar-refractivity contribution >= 4 is 11.7 Å². The second-order valence-electron chi connectivity index (χ2n) is 4.73. The van der Waals surface area contributed by atoms with Gasteiger partial charge in [0.1, 0.15) is 0 Å². The van der Waals surface area contributed by atoms with Crippen LogP contribution in [0.3, 0.4) is 0 Å². The standard InChI is InChI=1S/C14H23N3O/c1-11(2)16-14(18)17(10-4-9-15)13-7-5-12(3)6-8-13/h5-8,11H,4,9-10,15H2,1-3H3,(H,16,18). The van der Waals surface area contributed by atoms with Gasteiger partial charge in [0.2, 0.25) is 0 Å². The number of nitrogens with zero attached hydrogens (tertiary/aromatic N) is 1. The predicted molar refractivity (Wildman–Crippen MR) is 75.9 cm³/mol. The van der Waals surface area contributed by atoms with Gasteiger partial charge in [0.05, 0.1) is 0 Å². The van der Waals surface area contributed by atoms with E-state index < -0.39 is 0 Å². The maximum absolute atomic E-state index is 12.1. The van der Waals surface area contributed by atoms with Crippen molar-refractivity contribution in [2.75, 3.05) is 18.0 Å². The first-order valence-corrected chi connectivity index (χ1v) is 6.39. The van der Waals surface area contributed by atoms with Crippen molar-refractivity contribution in [2.45, 2.75) is 33.2 Å². The molecule has 4 heteroatoms.